The summed E-state index contributed by atoms with van der Waals surface area (Å²) in [5, 5.41) is 14.1. The van der Waals surface area contributed by atoms with Crippen LogP contribution in [-0.4, -0.2) is 27.4 Å². The quantitative estimate of drug-likeness (QED) is 0.910. The lowest BCUT2D eigenvalue weighted by Crippen LogP contribution is -2.35. The fourth-order valence-electron chi connectivity index (χ4n) is 2.35. The van der Waals surface area contributed by atoms with Crippen LogP contribution in [0, 0.1) is 6.92 Å². The summed E-state index contributed by atoms with van der Waals surface area (Å²) in [5.74, 6) is -1.01. The van der Waals surface area contributed by atoms with Gasteiger partial charge in [0.2, 0.25) is 5.60 Å². The summed E-state index contributed by atoms with van der Waals surface area (Å²) in [6, 6.07) is 9.65. The van der Waals surface area contributed by atoms with Gasteiger partial charge in [0, 0.05) is 23.1 Å². The fraction of sp³-hybridized carbons (Fsp3) is 0.267. The molecule has 1 aliphatic heterocycles. The van der Waals surface area contributed by atoms with Gasteiger partial charge in [-0.3, -0.25) is 4.98 Å². The molecule has 0 aliphatic carbocycles. The number of carbonyl (C=O) groups is 1. The maximum absolute atomic E-state index is 11.2. The Morgan fingerprint density at radius 3 is 2.85 bits per heavy atom. The summed E-state index contributed by atoms with van der Waals surface area (Å²) < 4.78 is 0. The zero-order valence-corrected chi connectivity index (χ0v) is 11.3. The normalized spacial score (nSPS) is 21.6. The zero-order valence-electron chi connectivity index (χ0n) is 11.3. The highest BCUT2D eigenvalue weighted by atomic mass is 16.7. The van der Waals surface area contributed by atoms with Crippen LogP contribution in [0.25, 0.3) is 10.9 Å². The van der Waals surface area contributed by atoms with Crippen molar-refractivity contribution in [2.45, 2.75) is 25.9 Å². The Morgan fingerprint density at radius 2 is 2.15 bits per heavy atom. The number of hydrogen-bond acceptors (Lipinski definition) is 4. The maximum Gasteiger partial charge on any atom is 0.351 e. The van der Waals surface area contributed by atoms with Gasteiger partial charge in [0.15, 0.2) is 0 Å². The lowest BCUT2D eigenvalue weighted by atomic mass is 9.94. The summed E-state index contributed by atoms with van der Waals surface area (Å²) in [5.41, 5.74) is 1.99. The van der Waals surface area contributed by atoms with E-state index in [0.717, 1.165) is 22.2 Å². The number of oxime groups is 1. The predicted octanol–water partition coefficient (Wildman–Crippen LogP) is 2.51. The zero-order chi connectivity index (χ0) is 14.3. The van der Waals surface area contributed by atoms with Gasteiger partial charge in [-0.05, 0) is 26.0 Å². The first kappa shape index (κ1) is 12.6. The van der Waals surface area contributed by atoms with Gasteiger partial charge in [0.1, 0.15) is 0 Å². The third-order valence-corrected chi connectivity index (χ3v) is 3.47. The number of nitrogens with zero attached hydrogens (tertiary/aromatic N) is 2. The average molecular weight is 270 g/mol. The number of para-hydroxylation sites is 1. The lowest BCUT2D eigenvalue weighted by molar-refractivity contribution is -0.160. The first-order valence-corrected chi connectivity index (χ1v) is 6.35. The van der Waals surface area contributed by atoms with E-state index in [0.29, 0.717) is 5.71 Å². The van der Waals surface area contributed by atoms with Crippen LogP contribution in [0.2, 0.25) is 0 Å². The molecule has 0 saturated heterocycles. The highest BCUT2D eigenvalue weighted by Gasteiger charge is 2.42. The monoisotopic (exact) mass is 270 g/mol. The minimum absolute atomic E-state index is 0.246. The van der Waals surface area contributed by atoms with Crippen molar-refractivity contribution in [3.63, 3.8) is 0 Å². The molecule has 1 unspecified atom stereocenters. The van der Waals surface area contributed by atoms with Crippen LogP contribution in [0.15, 0.2) is 35.5 Å². The smallest absolute Gasteiger partial charge is 0.351 e. The number of benzene rings is 1. The topological polar surface area (TPSA) is 71.8 Å². The molecule has 1 N–H and O–H groups in total. The molecule has 0 bridgehead atoms. The molecule has 1 atom stereocenters. The Bertz CT molecular complexity index is 739. The van der Waals surface area contributed by atoms with E-state index in [9.17, 15) is 9.90 Å². The van der Waals surface area contributed by atoms with E-state index in [1.165, 1.54) is 6.92 Å². The number of hydrogen-bond donors (Lipinski definition) is 1. The molecular formula is C15H14N2O3. The highest BCUT2D eigenvalue weighted by molar-refractivity contribution is 6.12. The third kappa shape index (κ3) is 1.91. The number of fused-ring (bicyclic) bond motifs is 1. The SMILES string of the molecule is Cc1cc(C2=NOC(C)(C(=O)O)C2)c2ccccc2n1. The second kappa shape index (κ2) is 4.30. The Balaban J connectivity index is 2.10. The van der Waals surface area contributed by atoms with Gasteiger partial charge in [0.25, 0.3) is 0 Å². The maximum atomic E-state index is 11.2. The Kier molecular flexibility index (Phi) is 2.71. The Morgan fingerprint density at radius 1 is 1.40 bits per heavy atom. The molecule has 0 radical (unpaired) electrons. The molecular weight excluding hydrogens is 256 g/mol. The van der Waals surface area contributed by atoms with Crippen molar-refractivity contribution in [3.8, 4) is 0 Å². The van der Waals surface area contributed by atoms with Crippen LogP contribution in [0.5, 0.6) is 0 Å². The van der Waals surface area contributed by atoms with E-state index >= 15 is 0 Å². The molecule has 5 heteroatoms. The van der Waals surface area contributed by atoms with Crippen LogP contribution in [0.4, 0.5) is 0 Å². The molecule has 1 aromatic heterocycles. The molecule has 0 spiro atoms. The second-order valence-corrected chi connectivity index (χ2v) is 5.17. The lowest BCUT2D eigenvalue weighted by Gasteiger charge is -2.14. The number of carboxylic acid groups (broad SMARTS) is 1. The molecule has 102 valence electrons. The van der Waals surface area contributed by atoms with E-state index in [1.54, 1.807) is 0 Å². The summed E-state index contributed by atoms with van der Waals surface area (Å²) in [4.78, 5) is 20.8. The van der Waals surface area contributed by atoms with E-state index in [4.69, 9.17) is 4.84 Å². The van der Waals surface area contributed by atoms with Crippen LogP contribution in [0.1, 0.15) is 24.6 Å². The number of carboxylic acids is 1. The van der Waals surface area contributed by atoms with Crippen molar-refractivity contribution >= 4 is 22.6 Å². The van der Waals surface area contributed by atoms with Gasteiger partial charge in [-0.2, -0.15) is 0 Å². The summed E-state index contributed by atoms with van der Waals surface area (Å²) in [6.07, 6.45) is 0.246. The second-order valence-electron chi connectivity index (χ2n) is 5.17. The number of rotatable bonds is 2. The van der Waals surface area contributed by atoms with Crippen LogP contribution in [0.3, 0.4) is 0 Å². The standard InChI is InChI=1S/C15H14N2O3/c1-9-7-11(10-5-3-4-6-12(10)16-9)13-8-15(2,14(18)19)20-17-13/h3-7H,8H2,1-2H3,(H,18,19). The third-order valence-electron chi connectivity index (χ3n) is 3.47. The first-order valence-electron chi connectivity index (χ1n) is 6.35. The Hall–Kier alpha value is -2.43. The highest BCUT2D eigenvalue weighted by Crippen LogP contribution is 2.29. The Labute approximate surface area is 115 Å². The average Bonchev–Trinajstić information content (AvgIpc) is 2.82. The van der Waals surface area contributed by atoms with Crippen LogP contribution in [-0.2, 0) is 9.63 Å². The van der Waals surface area contributed by atoms with Crippen molar-refractivity contribution in [3.05, 3.63) is 41.6 Å². The molecule has 2 aromatic rings. The molecule has 2 heterocycles. The van der Waals surface area contributed by atoms with Crippen LogP contribution < -0.4 is 0 Å². The number of aromatic nitrogens is 1. The van der Waals surface area contributed by atoms with Crippen molar-refractivity contribution in [1.82, 2.24) is 4.98 Å². The molecule has 1 aliphatic rings. The largest absolute Gasteiger partial charge is 0.478 e. The molecule has 0 fully saturated rings. The minimum Gasteiger partial charge on any atom is -0.478 e. The summed E-state index contributed by atoms with van der Waals surface area (Å²) >= 11 is 0. The van der Waals surface area contributed by atoms with Crippen molar-refractivity contribution < 1.29 is 14.7 Å². The molecule has 0 amide bonds. The van der Waals surface area contributed by atoms with Gasteiger partial charge in [-0.25, -0.2) is 4.79 Å². The molecule has 20 heavy (non-hydrogen) atoms. The van der Waals surface area contributed by atoms with Gasteiger partial charge in [-0.15, -0.1) is 0 Å². The van der Waals surface area contributed by atoms with E-state index in [1.807, 2.05) is 37.3 Å². The van der Waals surface area contributed by atoms with Crippen molar-refractivity contribution in [1.29, 1.82) is 0 Å². The molecule has 0 saturated carbocycles. The summed E-state index contributed by atoms with van der Waals surface area (Å²) in [6.45, 7) is 3.44. The van der Waals surface area contributed by atoms with Gasteiger partial charge in [0.05, 0.1) is 11.2 Å². The number of aliphatic carboxylic acids is 1. The minimum atomic E-state index is -1.28. The first-order chi connectivity index (χ1) is 9.49. The predicted molar refractivity (Wildman–Crippen MR) is 74.8 cm³/mol. The van der Waals surface area contributed by atoms with E-state index < -0.39 is 11.6 Å². The number of pyridine rings is 1. The van der Waals surface area contributed by atoms with E-state index in [-0.39, 0.29) is 6.42 Å². The van der Waals surface area contributed by atoms with Crippen molar-refractivity contribution in [2.24, 2.45) is 5.16 Å². The number of aryl methyl sites for hydroxylation is 1. The van der Waals surface area contributed by atoms with Gasteiger partial charge < -0.3 is 9.94 Å². The van der Waals surface area contributed by atoms with Crippen molar-refractivity contribution in [2.75, 3.05) is 0 Å². The van der Waals surface area contributed by atoms with Crippen LogP contribution >= 0.6 is 0 Å². The molecule has 5 nitrogen and oxygen atoms in total. The molecule has 3 rings (SSSR count). The molecule has 1 aromatic carbocycles. The van der Waals surface area contributed by atoms with Gasteiger partial charge >= 0.3 is 5.97 Å². The van der Waals surface area contributed by atoms with Gasteiger partial charge in [-0.1, -0.05) is 23.4 Å². The summed E-state index contributed by atoms with van der Waals surface area (Å²) in [7, 11) is 0. The fourth-order valence-corrected chi connectivity index (χ4v) is 2.35. The van der Waals surface area contributed by atoms with E-state index in [2.05, 4.69) is 10.1 Å².